The fraction of sp³-hybridized carbons (Fsp3) is 0.211. The lowest BCUT2D eigenvalue weighted by molar-refractivity contribution is -0.0593. The summed E-state index contributed by atoms with van der Waals surface area (Å²) in [5.74, 6) is -0.265. The molecule has 28 heavy (non-hydrogen) atoms. The Kier molecular flexibility index (Phi) is 5.95. The number of carbonyl (C=O) groups is 1. The second-order valence-electron chi connectivity index (χ2n) is 6.92. The molecule has 0 bridgehead atoms. The highest BCUT2D eigenvalue weighted by Crippen LogP contribution is 2.31. The number of hydrogen-bond acceptors (Lipinski definition) is 4. The van der Waals surface area contributed by atoms with Crippen molar-refractivity contribution in [1.29, 1.82) is 0 Å². The number of hydrogen-bond donors (Lipinski definition) is 1. The summed E-state index contributed by atoms with van der Waals surface area (Å²) in [5.41, 5.74) is 3.04. The molecule has 1 aromatic heterocycles. The van der Waals surface area contributed by atoms with Crippen LogP contribution in [0.5, 0.6) is 0 Å². The van der Waals surface area contributed by atoms with Crippen LogP contribution in [0.25, 0.3) is 17.1 Å². The maximum Gasteiger partial charge on any atom is 0.314 e. The van der Waals surface area contributed by atoms with E-state index in [0.29, 0.717) is 32.1 Å². The molecule has 0 fully saturated rings. The van der Waals surface area contributed by atoms with E-state index < -0.39 is 11.5 Å². The minimum Gasteiger partial charge on any atom is -0.268 e. The van der Waals surface area contributed by atoms with Gasteiger partial charge in [0.25, 0.3) is 0 Å². The fourth-order valence-corrected chi connectivity index (χ4v) is 2.88. The van der Waals surface area contributed by atoms with Crippen LogP contribution in [0, 0.1) is 0 Å². The summed E-state index contributed by atoms with van der Waals surface area (Å²) in [4.78, 5) is 22.1. The standard InChI is InChI=1S/C19H17Cl3N4O2/c1-19(2,3)28-25-18(27)16-23-17(14-9-6-12(21)10-15(14)22)26(24-16)13-7-4-11(20)5-8-13/h4-10H,1-3H3,(H,25,27). The van der Waals surface area contributed by atoms with E-state index in [1.807, 2.05) is 20.8 Å². The van der Waals surface area contributed by atoms with Crippen molar-refractivity contribution in [2.45, 2.75) is 26.4 Å². The van der Waals surface area contributed by atoms with Gasteiger partial charge in [-0.2, -0.15) is 0 Å². The summed E-state index contributed by atoms with van der Waals surface area (Å²) >= 11 is 18.3. The molecule has 0 saturated carbocycles. The second kappa shape index (κ2) is 8.09. The van der Waals surface area contributed by atoms with Gasteiger partial charge in [-0.25, -0.2) is 15.1 Å². The van der Waals surface area contributed by atoms with Crippen molar-refractivity contribution in [1.82, 2.24) is 20.2 Å². The van der Waals surface area contributed by atoms with E-state index in [2.05, 4.69) is 15.6 Å². The topological polar surface area (TPSA) is 69.0 Å². The number of rotatable bonds is 4. The van der Waals surface area contributed by atoms with Crippen LogP contribution in [-0.2, 0) is 4.84 Å². The van der Waals surface area contributed by atoms with Gasteiger partial charge in [-0.3, -0.25) is 9.63 Å². The van der Waals surface area contributed by atoms with Crippen LogP contribution in [0.3, 0.4) is 0 Å². The van der Waals surface area contributed by atoms with Crippen molar-refractivity contribution < 1.29 is 9.63 Å². The van der Waals surface area contributed by atoms with Gasteiger partial charge in [0.05, 0.1) is 16.3 Å². The van der Waals surface area contributed by atoms with Crippen LogP contribution in [0.15, 0.2) is 42.5 Å². The summed E-state index contributed by atoms with van der Waals surface area (Å²) in [6.07, 6.45) is 0. The molecule has 9 heteroatoms. The molecule has 146 valence electrons. The lowest BCUT2D eigenvalue weighted by Crippen LogP contribution is -2.34. The van der Waals surface area contributed by atoms with Gasteiger partial charge in [0.2, 0.25) is 5.82 Å². The van der Waals surface area contributed by atoms with Crippen LogP contribution in [-0.4, -0.2) is 26.3 Å². The number of halogens is 3. The average molecular weight is 440 g/mol. The molecule has 1 amide bonds. The van der Waals surface area contributed by atoms with Crippen molar-refractivity contribution >= 4 is 40.7 Å². The van der Waals surface area contributed by atoms with Crippen molar-refractivity contribution in [3.8, 4) is 17.1 Å². The van der Waals surface area contributed by atoms with Gasteiger partial charge >= 0.3 is 5.91 Å². The zero-order valence-electron chi connectivity index (χ0n) is 15.3. The van der Waals surface area contributed by atoms with Gasteiger partial charge in [-0.05, 0) is 63.2 Å². The quantitative estimate of drug-likeness (QED) is 0.556. The highest BCUT2D eigenvalue weighted by Gasteiger charge is 2.22. The Bertz CT molecular complexity index is 1010. The molecule has 1 N–H and O–H groups in total. The predicted molar refractivity (Wildman–Crippen MR) is 110 cm³/mol. The number of nitrogens with one attached hydrogen (secondary N) is 1. The molecule has 0 saturated heterocycles. The van der Waals surface area contributed by atoms with Gasteiger partial charge in [0.15, 0.2) is 5.82 Å². The normalized spacial score (nSPS) is 11.5. The number of hydroxylamine groups is 1. The van der Waals surface area contributed by atoms with Gasteiger partial charge < -0.3 is 0 Å². The molecule has 3 aromatic rings. The van der Waals surface area contributed by atoms with E-state index >= 15 is 0 Å². The van der Waals surface area contributed by atoms with Crippen molar-refractivity contribution in [3.63, 3.8) is 0 Å². The van der Waals surface area contributed by atoms with E-state index in [1.54, 1.807) is 42.5 Å². The average Bonchev–Trinajstić information content (AvgIpc) is 3.05. The molecule has 0 aliphatic heterocycles. The predicted octanol–water partition coefficient (Wildman–Crippen LogP) is 5.35. The van der Waals surface area contributed by atoms with E-state index in [1.165, 1.54) is 4.68 Å². The number of carbonyl (C=O) groups excluding carboxylic acids is 1. The van der Waals surface area contributed by atoms with Crippen LogP contribution in [0.2, 0.25) is 15.1 Å². The molecular formula is C19H17Cl3N4O2. The van der Waals surface area contributed by atoms with Crippen LogP contribution in [0.1, 0.15) is 31.4 Å². The van der Waals surface area contributed by atoms with E-state index in [0.717, 1.165) is 0 Å². The van der Waals surface area contributed by atoms with Crippen molar-refractivity contribution in [2.75, 3.05) is 0 Å². The Morgan fingerprint density at radius 2 is 1.68 bits per heavy atom. The zero-order valence-corrected chi connectivity index (χ0v) is 17.6. The zero-order chi connectivity index (χ0) is 20.5. The lowest BCUT2D eigenvalue weighted by atomic mass is 10.2. The third-order valence-electron chi connectivity index (χ3n) is 3.50. The minimum absolute atomic E-state index is 0.0692. The highest BCUT2D eigenvalue weighted by molar-refractivity contribution is 6.36. The first-order valence-corrected chi connectivity index (χ1v) is 9.44. The largest absolute Gasteiger partial charge is 0.314 e. The first-order chi connectivity index (χ1) is 13.1. The molecule has 0 unspecified atom stereocenters. The second-order valence-corrected chi connectivity index (χ2v) is 8.20. The Morgan fingerprint density at radius 1 is 1.04 bits per heavy atom. The molecule has 2 aromatic carbocycles. The number of amides is 1. The van der Waals surface area contributed by atoms with Gasteiger partial charge in [-0.1, -0.05) is 34.8 Å². The molecule has 0 aliphatic carbocycles. The van der Waals surface area contributed by atoms with Crippen LogP contribution < -0.4 is 5.48 Å². The third-order valence-corrected chi connectivity index (χ3v) is 4.30. The summed E-state index contributed by atoms with van der Waals surface area (Å²) in [5, 5.41) is 5.78. The fourth-order valence-electron chi connectivity index (χ4n) is 2.26. The summed E-state index contributed by atoms with van der Waals surface area (Å²) in [7, 11) is 0. The van der Waals surface area contributed by atoms with Crippen molar-refractivity contribution in [3.05, 3.63) is 63.4 Å². The first kappa shape index (κ1) is 20.6. The van der Waals surface area contributed by atoms with Crippen molar-refractivity contribution in [2.24, 2.45) is 0 Å². The smallest absolute Gasteiger partial charge is 0.268 e. The summed E-state index contributed by atoms with van der Waals surface area (Å²) in [6.45, 7) is 5.43. The van der Waals surface area contributed by atoms with Crippen LogP contribution >= 0.6 is 34.8 Å². The Balaban J connectivity index is 2.07. The monoisotopic (exact) mass is 438 g/mol. The molecular weight excluding hydrogens is 423 g/mol. The minimum atomic E-state index is -0.575. The van der Waals surface area contributed by atoms with E-state index in [-0.39, 0.29) is 5.82 Å². The number of benzene rings is 2. The SMILES string of the molecule is CC(C)(C)ONC(=O)c1nc(-c2ccc(Cl)cc2Cl)n(-c2ccc(Cl)cc2)n1. The Labute approximate surface area is 177 Å². The molecule has 3 rings (SSSR count). The summed E-state index contributed by atoms with van der Waals surface area (Å²) < 4.78 is 1.51. The Morgan fingerprint density at radius 3 is 2.29 bits per heavy atom. The Hall–Kier alpha value is -2.12. The van der Waals surface area contributed by atoms with Gasteiger partial charge in [-0.15, -0.1) is 5.10 Å². The number of nitrogens with zero attached hydrogens (tertiary/aromatic N) is 3. The molecule has 6 nitrogen and oxygen atoms in total. The number of aromatic nitrogens is 3. The summed E-state index contributed by atoms with van der Waals surface area (Å²) in [6, 6.07) is 12.0. The maximum absolute atomic E-state index is 12.5. The van der Waals surface area contributed by atoms with Gasteiger partial charge in [0, 0.05) is 15.6 Å². The molecule has 0 spiro atoms. The molecule has 1 heterocycles. The maximum atomic E-state index is 12.5. The highest BCUT2D eigenvalue weighted by atomic mass is 35.5. The molecule has 0 atom stereocenters. The van der Waals surface area contributed by atoms with Crippen LogP contribution in [0.4, 0.5) is 0 Å². The first-order valence-electron chi connectivity index (χ1n) is 8.31. The lowest BCUT2D eigenvalue weighted by Gasteiger charge is -2.18. The van der Waals surface area contributed by atoms with E-state index in [9.17, 15) is 4.79 Å². The molecule has 0 radical (unpaired) electrons. The third kappa shape index (κ3) is 4.83. The van der Waals surface area contributed by atoms with E-state index in [4.69, 9.17) is 39.6 Å². The molecule has 0 aliphatic rings. The van der Waals surface area contributed by atoms with Gasteiger partial charge in [0.1, 0.15) is 0 Å².